The molecule has 1 fully saturated rings. The van der Waals surface area contributed by atoms with Crippen LogP contribution in [0, 0.1) is 11.6 Å². The number of hydrogen-bond donors (Lipinski definition) is 3. The highest BCUT2D eigenvalue weighted by molar-refractivity contribution is 5.83. The first-order valence-corrected chi connectivity index (χ1v) is 9.55. The van der Waals surface area contributed by atoms with Crippen molar-refractivity contribution in [2.24, 2.45) is 0 Å². The summed E-state index contributed by atoms with van der Waals surface area (Å²) in [5.74, 6) is -0.00977. The Kier molecular flexibility index (Phi) is 5.37. The smallest absolute Gasteiger partial charge is 0.412 e. The number of methoxy groups -OCH3 is 1. The Balaban J connectivity index is 1.69. The maximum Gasteiger partial charge on any atom is 0.412 e. The van der Waals surface area contributed by atoms with E-state index in [1.54, 1.807) is 24.3 Å². The number of carbonyl (C=O) groups excluding carboxylic acids is 1. The molecular weight excluding hydrogens is 406 g/mol. The molecule has 0 bridgehead atoms. The number of nitrogens with zero attached hydrogens (tertiary/aromatic N) is 3. The minimum absolute atomic E-state index is 0.0599. The molecule has 31 heavy (non-hydrogen) atoms. The molecule has 160 valence electrons. The number of ether oxygens (including phenoxy) is 1. The molecule has 1 aromatic carbocycles. The number of nitrogens with one attached hydrogen (secondary N) is 3. The normalized spacial score (nSPS) is 13.9. The summed E-state index contributed by atoms with van der Waals surface area (Å²) in [5, 5.41) is 8.75. The highest BCUT2D eigenvalue weighted by atomic mass is 19.1. The zero-order chi connectivity index (χ0) is 22.0. The van der Waals surface area contributed by atoms with Crippen molar-refractivity contribution < 1.29 is 18.3 Å². The molecule has 2 aromatic heterocycles. The molecule has 1 amide bonds. The van der Waals surface area contributed by atoms with E-state index in [9.17, 15) is 13.6 Å². The monoisotopic (exact) mass is 426 g/mol. The Labute approximate surface area is 177 Å². The molecule has 1 aliphatic carbocycles. The van der Waals surface area contributed by atoms with Crippen LogP contribution < -0.4 is 16.0 Å². The fraction of sp³-hybridized carbons (Fsp3) is 0.238. The van der Waals surface area contributed by atoms with Gasteiger partial charge >= 0.3 is 6.09 Å². The molecule has 2 heterocycles. The van der Waals surface area contributed by atoms with Gasteiger partial charge in [0.25, 0.3) is 0 Å². The van der Waals surface area contributed by atoms with Crippen molar-refractivity contribution in [2.75, 3.05) is 23.1 Å². The van der Waals surface area contributed by atoms with Crippen molar-refractivity contribution >= 4 is 29.2 Å². The lowest BCUT2D eigenvalue weighted by atomic mass is 10.3. The molecule has 4 rings (SSSR count). The number of benzene rings is 1. The zero-order valence-electron chi connectivity index (χ0n) is 16.9. The van der Waals surface area contributed by atoms with Crippen LogP contribution in [0.4, 0.5) is 36.7 Å². The number of anilines is 4. The van der Waals surface area contributed by atoms with Gasteiger partial charge in [-0.2, -0.15) is 0 Å². The average molecular weight is 426 g/mol. The minimum Gasteiger partial charge on any atom is -0.453 e. The molecule has 3 N–H and O–H groups in total. The summed E-state index contributed by atoms with van der Waals surface area (Å²) in [7, 11) is 1.25. The van der Waals surface area contributed by atoms with Gasteiger partial charge < -0.3 is 15.4 Å². The van der Waals surface area contributed by atoms with Gasteiger partial charge in [0, 0.05) is 23.4 Å². The predicted octanol–water partition coefficient (Wildman–Crippen LogP) is 4.70. The van der Waals surface area contributed by atoms with Gasteiger partial charge in [0.1, 0.15) is 34.8 Å². The minimum atomic E-state index is -0.705. The lowest BCUT2D eigenvalue weighted by molar-refractivity contribution is 0.187. The molecule has 1 aliphatic rings. The van der Waals surface area contributed by atoms with Crippen LogP contribution in [-0.2, 0) is 4.74 Å². The van der Waals surface area contributed by atoms with Gasteiger partial charge in [-0.25, -0.2) is 28.5 Å². The summed E-state index contributed by atoms with van der Waals surface area (Å²) in [4.78, 5) is 24.8. The van der Waals surface area contributed by atoms with E-state index in [1.165, 1.54) is 19.2 Å². The maximum atomic E-state index is 13.6. The van der Waals surface area contributed by atoms with E-state index < -0.39 is 17.7 Å². The quantitative estimate of drug-likeness (QED) is 0.525. The second-order valence-corrected chi connectivity index (χ2v) is 7.46. The molecule has 0 radical (unpaired) electrons. The summed E-state index contributed by atoms with van der Waals surface area (Å²) >= 11 is 0. The van der Waals surface area contributed by atoms with Crippen LogP contribution in [0.3, 0.4) is 0 Å². The van der Waals surface area contributed by atoms with Crippen LogP contribution in [-0.4, -0.2) is 33.7 Å². The van der Waals surface area contributed by atoms with Gasteiger partial charge in [0.15, 0.2) is 5.82 Å². The van der Waals surface area contributed by atoms with Crippen LogP contribution >= 0.6 is 0 Å². The van der Waals surface area contributed by atoms with Crippen molar-refractivity contribution in [3.05, 3.63) is 54.1 Å². The third-order valence-corrected chi connectivity index (χ3v) is 4.68. The molecule has 0 spiro atoms. The Morgan fingerprint density at radius 2 is 1.71 bits per heavy atom. The van der Waals surface area contributed by atoms with Gasteiger partial charge in [0.05, 0.1) is 7.11 Å². The van der Waals surface area contributed by atoms with Gasteiger partial charge in [-0.15, -0.1) is 0 Å². The Morgan fingerprint density at radius 3 is 2.39 bits per heavy atom. The molecule has 0 saturated heterocycles. The third-order valence-electron chi connectivity index (χ3n) is 4.68. The molecular formula is C21H20F2N6O2. The topological polar surface area (TPSA) is 101 Å². The summed E-state index contributed by atoms with van der Waals surface area (Å²) in [6.45, 7) is 2.07. The first-order valence-electron chi connectivity index (χ1n) is 9.55. The van der Waals surface area contributed by atoms with E-state index in [0.717, 1.165) is 18.9 Å². The highest BCUT2D eigenvalue weighted by Gasteiger charge is 2.37. The van der Waals surface area contributed by atoms with Crippen LogP contribution in [0.25, 0.3) is 11.5 Å². The fourth-order valence-electron chi connectivity index (χ4n) is 2.87. The maximum absolute atomic E-state index is 13.6. The molecule has 0 aliphatic heterocycles. The molecule has 3 aromatic rings. The van der Waals surface area contributed by atoms with E-state index in [-0.39, 0.29) is 22.9 Å². The number of aromatic nitrogens is 3. The molecule has 8 nitrogen and oxygen atoms in total. The summed E-state index contributed by atoms with van der Waals surface area (Å²) in [6.07, 6.45) is 1.35. The Morgan fingerprint density at radius 1 is 1.00 bits per heavy atom. The number of carbonyl (C=O) groups is 1. The highest BCUT2D eigenvalue weighted by Crippen LogP contribution is 2.38. The number of pyridine rings is 1. The second-order valence-electron chi connectivity index (χ2n) is 7.46. The summed E-state index contributed by atoms with van der Waals surface area (Å²) in [5.41, 5.74) is 0.544. The van der Waals surface area contributed by atoms with Crippen LogP contribution in [0.15, 0.2) is 42.5 Å². The lowest BCUT2D eigenvalue weighted by Gasteiger charge is -2.15. The van der Waals surface area contributed by atoms with Gasteiger partial charge in [0.2, 0.25) is 0 Å². The SMILES string of the molecule is COC(=O)Nc1cccc(-c2nc(Nc3cc(F)cc(F)c3)cc(NC3(C)CC3)n2)n1. The second kappa shape index (κ2) is 8.13. The van der Waals surface area contributed by atoms with E-state index in [1.807, 2.05) is 0 Å². The van der Waals surface area contributed by atoms with Crippen molar-refractivity contribution in [3.63, 3.8) is 0 Å². The van der Waals surface area contributed by atoms with Crippen molar-refractivity contribution in [1.82, 2.24) is 15.0 Å². The standard InChI is InChI=1S/C21H20F2N6O2/c1-21(6-7-21)29-18-11-17(24-14-9-12(22)8-13(23)10-14)26-19(27-18)15-4-3-5-16(25-15)28-20(30)31-2/h3-5,8-11H,6-7H2,1-2H3,(H,25,28,30)(H2,24,26,27,29). The number of rotatable bonds is 6. The number of amides is 1. The number of hydrogen-bond acceptors (Lipinski definition) is 7. The molecule has 0 unspecified atom stereocenters. The molecule has 0 atom stereocenters. The van der Waals surface area contributed by atoms with Gasteiger partial charge in [-0.1, -0.05) is 6.07 Å². The van der Waals surface area contributed by atoms with E-state index in [4.69, 9.17) is 0 Å². The summed E-state index contributed by atoms with van der Waals surface area (Å²) < 4.78 is 31.7. The van der Waals surface area contributed by atoms with Gasteiger partial charge in [-0.3, -0.25) is 5.32 Å². The molecule has 1 saturated carbocycles. The van der Waals surface area contributed by atoms with Crippen LogP contribution in [0.5, 0.6) is 0 Å². The Bertz CT molecular complexity index is 1120. The Hall–Kier alpha value is -3.82. The van der Waals surface area contributed by atoms with Crippen molar-refractivity contribution in [1.29, 1.82) is 0 Å². The lowest BCUT2D eigenvalue weighted by Crippen LogP contribution is -2.17. The van der Waals surface area contributed by atoms with Crippen molar-refractivity contribution in [2.45, 2.75) is 25.3 Å². The van der Waals surface area contributed by atoms with E-state index in [0.29, 0.717) is 17.3 Å². The van der Waals surface area contributed by atoms with Crippen LogP contribution in [0.2, 0.25) is 0 Å². The van der Waals surface area contributed by atoms with Crippen molar-refractivity contribution in [3.8, 4) is 11.5 Å². The van der Waals surface area contributed by atoms with Crippen LogP contribution in [0.1, 0.15) is 19.8 Å². The average Bonchev–Trinajstić information content (AvgIpc) is 3.43. The summed E-state index contributed by atoms with van der Waals surface area (Å²) in [6, 6.07) is 9.76. The van der Waals surface area contributed by atoms with E-state index >= 15 is 0 Å². The predicted molar refractivity (Wildman–Crippen MR) is 112 cm³/mol. The fourth-order valence-corrected chi connectivity index (χ4v) is 2.87. The zero-order valence-corrected chi connectivity index (χ0v) is 16.9. The molecule has 10 heteroatoms. The first-order chi connectivity index (χ1) is 14.8. The number of halogens is 2. The van der Waals surface area contributed by atoms with Gasteiger partial charge in [-0.05, 0) is 44.0 Å². The largest absolute Gasteiger partial charge is 0.453 e. The first kappa shape index (κ1) is 20.5. The van der Waals surface area contributed by atoms with E-state index in [2.05, 4.69) is 42.6 Å². The third kappa shape index (κ3) is 5.21.